The number of carbonyl (C=O) groups excluding carboxylic acids is 1. The Morgan fingerprint density at radius 3 is 3.07 bits per heavy atom. The smallest absolute Gasteiger partial charge is 0.246 e. The first kappa shape index (κ1) is 10.4. The predicted octanol–water partition coefficient (Wildman–Crippen LogP) is 0.915. The molecule has 0 saturated heterocycles. The number of rotatable bonds is 3. The van der Waals surface area contributed by atoms with E-state index in [0.29, 0.717) is 11.6 Å². The summed E-state index contributed by atoms with van der Waals surface area (Å²) in [5, 5.41) is 14.9. The molecule has 0 fully saturated rings. The van der Waals surface area contributed by atoms with Crippen molar-refractivity contribution in [3.63, 3.8) is 0 Å². The van der Waals surface area contributed by atoms with Crippen molar-refractivity contribution in [3.8, 4) is 0 Å². The molecule has 0 spiro atoms. The summed E-state index contributed by atoms with van der Waals surface area (Å²) in [6, 6.07) is 4.88. The van der Waals surface area contributed by atoms with E-state index in [1.165, 1.54) is 0 Å². The minimum atomic E-state index is -0.458. The third-order valence-electron chi connectivity index (χ3n) is 2.32. The minimum absolute atomic E-state index is 0.0104. The number of anilines is 1. The van der Waals surface area contributed by atoms with Crippen LogP contribution in [0.1, 0.15) is 11.6 Å². The van der Waals surface area contributed by atoms with E-state index in [1.54, 1.807) is 18.2 Å². The summed E-state index contributed by atoms with van der Waals surface area (Å²) >= 11 is 6.01. The third-order valence-corrected chi connectivity index (χ3v) is 2.65. The summed E-state index contributed by atoms with van der Waals surface area (Å²) in [5.41, 5.74) is 1.50. The van der Waals surface area contributed by atoms with Crippen molar-refractivity contribution >= 4 is 23.2 Å². The number of amides is 1. The van der Waals surface area contributed by atoms with Crippen LogP contribution in [0.15, 0.2) is 18.2 Å². The Morgan fingerprint density at radius 2 is 2.33 bits per heavy atom. The molecule has 1 amide bonds. The molecule has 5 heteroatoms. The summed E-state index contributed by atoms with van der Waals surface area (Å²) < 4.78 is 0. The Hall–Kier alpha value is -1.10. The van der Waals surface area contributed by atoms with Gasteiger partial charge in [-0.15, -0.1) is 0 Å². The van der Waals surface area contributed by atoms with Gasteiger partial charge in [0, 0.05) is 22.8 Å². The lowest BCUT2D eigenvalue weighted by Crippen LogP contribution is -2.29. The quantitative estimate of drug-likeness (QED) is 0.718. The summed E-state index contributed by atoms with van der Waals surface area (Å²) in [6.45, 7) is 0.353. The molecule has 80 valence electrons. The van der Waals surface area contributed by atoms with Gasteiger partial charge in [0.2, 0.25) is 5.91 Å². The maximum absolute atomic E-state index is 11.6. The van der Waals surface area contributed by atoms with E-state index in [2.05, 4.69) is 10.6 Å². The molecule has 2 rings (SSSR count). The summed E-state index contributed by atoms with van der Waals surface area (Å²) in [6.07, 6.45) is 0. The lowest BCUT2D eigenvalue weighted by molar-refractivity contribution is -0.117. The van der Waals surface area contributed by atoms with E-state index in [1.807, 2.05) is 0 Å². The number of hydrogen-bond acceptors (Lipinski definition) is 3. The fourth-order valence-electron chi connectivity index (χ4n) is 1.68. The molecule has 0 radical (unpaired) electrons. The van der Waals surface area contributed by atoms with E-state index in [0.717, 1.165) is 11.3 Å². The fraction of sp³-hybridized carbons (Fsp3) is 0.300. The first-order chi connectivity index (χ1) is 7.24. The molecule has 4 nitrogen and oxygen atoms in total. The van der Waals surface area contributed by atoms with E-state index >= 15 is 0 Å². The molecular weight excluding hydrogens is 216 g/mol. The van der Waals surface area contributed by atoms with Gasteiger partial charge < -0.3 is 10.4 Å². The van der Waals surface area contributed by atoms with Crippen LogP contribution in [0.5, 0.6) is 0 Å². The number of hydrogen-bond donors (Lipinski definition) is 3. The Bertz CT molecular complexity index is 395. The van der Waals surface area contributed by atoms with Crippen LogP contribution < -0.4 is 10.6 Å². The topological polar surface area (TPSA) is 61.4 Å². The molecule has 1 aromatic rings. The Morgan fingerprint density at radius 1 is 1.53 bits per heavy atom. The molecule has 0 bridgehead atoms. The average Bonchev–Trinajstić information content (AvgIpc) is 2.53. The number of nitrogens with one attached hydrogen (secondary N) is 2. The highest BCUT2D eigenvalue weighted by atomic mass is 35.5. The molecule has 1 atom stereocenters. The highest BCUT2D eigenvalue weighted by Crippen LogP contribution is 2.35. The number of aliphatic hydroxyl groups excluding tert-OH is 1. The Kier molecular flexibility index (Phi) is 2.90. The zero-order chi connectivity index (χ0) is 10.8. The SMILES string of the molecule is O=C1Nc2cccc(Cl)c2C1NCCO. The molecule has 0 saturated carbocycles. The minimum Gasteiger partial charge on any atom is -0.395 e. The normalized spacial score (nSPS) is 18.8. The summed E-state index contributed by atoms with van der Waals surface area (Å²) in [7, 11) is 0. The second kappa shape index (κ2) is 4.18. The highest BCUT2D eigenvalue weighted by Gasteiger charge is 2.31. The van der Waals surface area contributed by atoms with Crippen molar-refractivity contribution in [1.82, 2.24) is 5.32 Å². The summed E-state index contributed by atoms with van der Waals surface area (Å²) in [4.78, 5) is 11.6. The van der Waals surface area contributed by atoms with E-state index in [-0.39, 0.29) is 12.5 Å². The zero-order valence-corrected chi connectivity index (χ0v) is 8.71. The van der Waals surface area contributed by atoms with Crippen LogP contribution in [0.25, 0.3) is 0 Å². The van der Waals surface area contributed by atoms with Crippen LogP contribution in [0, 0.1) is 0 Å². The van der Waals surface area contributed by atoms with Gasteiger partial charge in [-0.05, 0) is 12.1 Å². The number of benzene rings is 1. The van der Waals surface area contributed by atoms with Crippen molar-refractivity contribution < 1.29 is 9.90 Å². The molecule has 0 aliphatic carbocycles. The number of halogens is 1. The van der Waals surface area contributed by atoms with Gasteiger partial charge in [0.1, 0.15) is 6.04 Å². The van der Waals surface area contributed by atoms with Crippen LogP contribution in [0.4, 0.5) is 5.69 Å². The van der Waals surface area contributed by atoms with Gasteiger partial charge in [0.15, 0.2) is 0 Å². The lowest BCUT2D eigenvalue weighted by atomic mass is 10.1. The molecule has 1 aliphatic rings. The van der Waals surface area contributed by atoms with Gasteiger partial charge in [-0.25, -0.2) is 0 Å². The van der Waals surface area contributed by atoms with E-state index in [9.17, 15) is 4.79 Å². The monoisotopic (exact) mass is 226 g/mol. The highest BCUT2D eigenvalue weighted by molar-refractivity contribution is 6.32. The first-order valence-electron chi connectivity index (χ1n) is 4.67. The van der Waals surface area contributed by atoms with Crippen molar-refractivity contribution in [2.45, 2.75) is 6.04 Å². The Balaban J connectivity index is 2.31. The standard InChI is InChI=1S/C10H11ClN2O2/c11-6-2-1-3-7-8(6)9(10(15)13-7)12-4-5-14/h1-3,9,12,14H,4-5H2,(H,13,15). The second-order valence-electron chi connectivity index (χ2n) is 3.30. The van der Waals surface area contributed by atoms with Crippen molar-refractivity contribution in [1.29, 1.82) is 0 Å². The van der Waals surface area contributed by atoms with Crippen LogP contribution in [-0.4, -0.2) is 24.2 Å². The van der Waals surface area contributed by atoms with Crippen LogP contribution in [0.2, 0.25) is 5.02 Å². The largest absolute Gasteiger partial charge is 0.395 e. The maximum atomic E-state index is 11.6. The lowest BCUT2D eigenvalue weighted by Gasteiger charge is -2.10. The predicted molar refractivity (Wildman–Crippen MR) is 57.9 cm³/mol. The van der Waals surface area contributed by atoms with E-state index in [4.69, 9.17) is 16.7 Å². The van der Waals surface area contributed by atoms with Crippen LogP contribution in [0.3, 0.4) is 0 Å². The molecule has 1 aliphatic heterocycles. The molecule has 3 N–H and O–H groups in total. The fourth-order valence-corrected chi connectivity index (χ4v) is 1.96. The van der Waals surface area contributed by atoms with E-state index < -0.39 is 6.04 Å². The molecule has 1 unspecified atom stereocenters. The van der Waals surface area contributed by atoms with Gasteiger partial charge in [-0.2, -0.15) is 0 Å². The summed E-state index contributed by atoms with van der Waals surface area (Å²) in [5.74, 6) is -0.133. The van der Waals surface area contributed by atoms with Gasteiger partial charge in [0.05, 0.1) is 6.61 Å². The zero-order valence-electron chi connectivity index (χ0n) is 7.96. The molecular formula is C10H11ClN2O2. The van der Waals surface area contributed by atoms with Crippen LogP contribution >= 0.6 is 11.6 Å². The second-order valence-corrected chi connectivity index (χ2v) is 3.71. The Labute approximate surface area is 92.2 Å². The van der Waals surface area contributed by atoms with Gasteiger partial charge >= 0.3 is 0 Å². The maximum Gasteiger partial charge on any atom is 0.246 e. The third kappa shape index (κ3) is 1.84. The number of carbonyl (C=O) groups is 1. The molecule has 0 aromatic heterocycles. The first-order valence-corrected chi connectivity index (χ1v) is 5.05. The van der Waals surface area contributed by atoms with Crippen LogP contribution in [-0.2, 0) is 4.79 Å². The molecule has 1 heterocycles. The number of aliphatic hydroxyl groups is 1. The van der Waals surface area contributed by atoms with Gasteiger partial charge in [-0.3, -0.25) is 10.1 Å². The van der Waals surface area contributed by atoms with Crippen molar-refractivity contribution in [3.05, 3.63) is 28.8 Å². The van der Waals surface area contributed by atoms with Crippen molar-refractivity contribution in [2.75, 3.05) is 18.5 Å². The molecule has 15 heavy (non-hydrogen) atoms. The molecule has 1 aromatic carbocycles. The van der Waals surface area contributed by atoms with Crippen molar-refractivity contribution in [2.24, 2.45) is 0 Å². The van der Waals surface area contributed by atoms with Gasteiger partial charge in [-0.1, -0.05) is 17.7 Å². The average molecular weight is 227 g/mol. The number of fused-ring (bicyclic) bond motifs is 1. The van der Waals surface area contributed by atoms with Gasteiger partial charge in [0.25, 0.3) is 0 Å².